The molecule has 1 nitrogen and oxygen atoms in total. The largest absolute Gasteiger partial charge is 0.318 e. The molecule has 1 unspecified atom stereocenters. The Morgan fingerprint density at radius 2 is 1.94 bits per heavy atom. The fourth-order valence-electron chi connectivity index (χ4n) is 1.70. The van der Waals surface area contributed by atoms with E-state index in [2.05, 4.69) is 54.3 Å². The van der Waals surface area contributed by atoms with Crippen LogP contribution in [-0.2, 0) is 0 Å². The maximum Gasteiger partial charge on any atom is 0.0421 e. The summed E-state index contributed by atoms with van der Waals surface area (Å²) >= 11 is 2.08. The molecule has 0 heterocycles. The topological polar surface area (TPSA) is 12.0 Å². The molecule has 1 aromatic rings. The van der Waals surface area contributed by atoms with Gasteiger partial charge in [-0.25, -0.2) is 0 Å². The predicted molar refractivity (Wildman–Crippen MR) is 75.1 cm³/mol. The highest BCUT2D eigenvalue weighted by Gasteiger charge is 2.09. The van der Waals surface area contributed by atoms with Crippen LogP contribution in [0.5, 0.6) is 0 Å². The van der Waals surface area contributed by atoms with E-state index in [1.807, 2.05) is 7.05 Å². The summed E-state index contributed by atoms with van der Waals surface area (Å²) in [5, 5.41) is 3.89. The summed E-state index contributed by atoms with van der Waals surface area (Å²) in [6, 6.07) is 10.8. The molecule has 1 rings (SSSR count). The van der Waals surface area contributed by atoms with Gasteiger partial charge in [-0.05, 0) is 24.8 Å². The first-order valence-electron chi connectivity index (χ1n) is 6.19. The average molecular weight is 237 g/mol. The van der Waals surface area contributed by atoms with Gasteiger partial charge in [0.25, 0.3) is 0 Å². The molecule has 0 spiro atoms. The molecule has 0 bridgehead atoms. The lowest BCUT2D eigenvalue weighted by Crippen LogP contribution is -2.15. The lowest BCUT2D eigenvalue weighted by molar-refractivity contribution is 0.761. The number of rotatable bonds is 8. The average Bonchev–Trinajstić information content (AvgIpc) is 2.34. The van der Waals surface area contributed by atoms with Gasteiger partial charge >= 0.3 is 0 Å². The van der Waals surface area contributed by atoms with Crippen molar-refractivity contribution in [1.82, 2.24) is 5.32 Å². The number of nitrogens with one attached hydrogen (secondary N) is 1. The van der Waals surface area contributed by atoms with Gasteiger partial charge < -0.3 is 5.32 Å². The lowest BCUT2D eigenvalue weighted by Gasteiger charge is -2.16. The molecule has 0 fully saturated rings. The normalized spacial score (nSPS) is 12.6. The van der Waals surface area contributed by atoms with E-state index in [9.17, 15) is 0 Å². The molecule has 2 heteroatoms. The fourth-order valence-corrected chi connectivity index (χ4v) is 2.99. The van der Waals surface area contributed by atoms with Gasteiger partial charge in [0.15, 0.2) is 0 Å². The van der Waals surface area contributed by atoms with Crippen LogP contribution in [0.25, 0.3) is 0 Å². The second kappa shape index (κ2) is 8.66. The highest BCUT2D eigenvalue weighted by Crippen LogP contribution is 2.28. The SMILES string of the molecule is CCCCCSC(CNC)c1ccccc1. The Balaban J connectivity index is 2.41. The number of benzene rings is 1. The van der Waals surface area contributed by atoms with Crippen LogP contribution in [0.2, 0.25) is 0 Å². The van der Waals surface area contributed by atoms with Gasteiger partial charge in [0.1, 0.15) is 0 Å². The van der Waals surface area contributed by atoms with Crippen molar-refractivity contribution in [2.75, 3.05) is 19.3 Å². The van der Waals surface area contributed by atoms with Crippen LogP contribution >= 0.6 is 11.8 Å². The van der Waals surface area contributed by atoms with Crippen LogP contribution in [0.4, 0.5) is 0 Å². The van der Waals surface area contributed by atoms with Gasteiger partial charge in [-0.15, -0.1) is 0 Å². The molecule has 0 radical (unpaired) electrons. The first-order valence-corrected chi connectivity index (χ1v) is 7.24. The zero-order valence-corrected chi connectivity index (χ0v) is 11.2. The third-order valence-electron chi connectivity index (χ3n) is 2.63. The smallest absolute Gasteiger partial charge is 0.0421 e. The molecule has 1 N–H and O–H groups in total. The Hall–Kier alpha value is -0.470. The zero-order chi connectivity index (χ0) is 11.6. The van der Waals surface area contributed by atoms with Gasteiger partial charge in [0.2, 0.25) is 0 Å². The zero-order valence-electron chi connectivity index (χ0n) is 10.4. The molecule has 90 valence electrons. The molecule has 1 atom stereocenters. The highest BCUT2D eigenvalue weighted by molar-refractivity contribution is 7.99. The second-order valence-electron chi connectivity index (χ2n) is 4.03. The molecule has 0 aliphatic carbocycles. The van der Waals surface area contributed by atoms with E-state index in [1.165, 1.54) is 30.6 Å². The lowest BCUT2D eigenvalue weighted by atomic mass is 10.1. The minimum atomic E-state index is 0.600. The summed E-state index contributed by atoms with van der Waals surface area (Å²) in [4.78, 5) is 0. The molecule has 0 aliphatic rings. The minimum absolute atomic E-state index is 0.600. The van der Waals surface area contributed by atoms with E-state index in [0.717, 1.165) is 6.54 Å². The summed E-state index contributed by atoms with van der Waals surface area (Å²) in [5.41, 5.74) is 1.44. The van der Waals surface area contributed by atoms with Gasteiger partial charge in [-0.3, -0.25) is 0 Å². The van der Waals surface area contributed by atoms with E-state index in [0.29, 0.717) is 5.25 Å². The minimum Gasteiger partial charge on any atom is -0.318 e. The van der Waals surface area contributed by atoms with Gasteiger partial charge in [0, 0.05) is 11.8 Å². The van der Waals surface area contributed by atoms with E-state index in [4.69, 9.17) is 0 Å². The molecule has 0 amide bonds. The van der Waals surface area contributed by atoms with E-state index < -0.39 is 0 Å². The summed E-state index contributed by atoms with van der Waals surface area (Å²) in [7, 11) is 2.03. The van der Waals surface area contributed by atoms with Crippen molar-refractivity contribution in [3.05, 3.63) is 35.9 Å². The van der Waals surface area contributed by atoms with Crippen LogP contribution in [0.1, 0.15) is 37.0 Å². The van der Waals surface area contributed by atoms with Crippen LogP contribution in [0, 0.1) is 0 Å². The maximum atomic E-state index is 3.29. The van der Waals surface area contributed by atoms with Crippen molar-refractivity contribution in [2.45, 2.75) is 31.4 Å². The Morgan fingerprint density at radius 3 is 2.56 bits per heavy atom. The molecular weight excluding hydrogens is 214 g/mol. The molecular formula is C14H23NS. The molecule has 0 aromatic heterocycles. The van der Waals surface area contributed by atoms with Crippen LogP contribution in [0.3, 0.4) is 0 Å². The number of thioether (sulfide) groups is 1. The molecule has 16 heavy (non-hydrogen) atoms. The van der Waals surface area contributed by atoms with Crippen molar-refractivity contribution < 1.29 is 0 Å². The Labute approximate surface area is 104 Å². The first-order chi connectivity index (χ1) is 7.88. The van der Waals surface area contributed by atoms with Crippen LogP contribution in [0.15, 0.2) is 30.3 Å². The standard InChI is InChI=1S/C14H23NS/c1-3-4-8-11-16-14(12-15-2)13-9-6-5-7-10-13/h5-7,9-10,14-15H,3-4,8,11-12H2,1-2H3. The summed E-state index contributed by atoms with van der Waals surface area (Å²) in [6.07, 6.45) is 4.00. The third kappa shape index (κ3) is 5.04. The third-order valence-corrected chi connectivity index (χ3v) is 3.99. The van der Waals surface area contributed by atoms with E-state index >= 15 is 0 Å². The van der Waals surface area contributed by atoms with E-state index in [-0.39, 0.29) is 0 Å². The van der Waals surface area contributed by atoms with Crippen LogP contribution < -0.4 is 5.32 Å². The monoisotopic (exact) mass is 237 g/mol. The van der Waals surface area contributed by atoms with Crippen molar-refractivity contribution in [2.24, 2.45) is 0 Å². The molecule has 0 saturated carbocycles. The molecule has 1 aromatic carbocycles. The number of hydrogen-bond donors (Lipinski definition) is 1. The second-order valence-corrected chi connectivity index (χ2v) is 5.35. The number of likely N-dealkylation sites (N-methyl/N-ethyl adjacent to an activating group) is 1. The van der Waals surface area contributed by atoms with Gasteiger partial charge in [-0.1, -0.05) is 50.1 Å². The summed E-state index contributed by atoms with van der Waals surface area (Å²) in [5.74, 6) is 1.27. The Kier molecular flexibility index (Phi) is 7.35. The number of unbranched alkanes of at least 4 members (excludes halogenated alkanes) is 2. The maximum absolute atomic E-state index is 3.29. The molecule has 0 saturated heterocycles. The predicted octanol–water partition coefficient (Wildman–Crippen LogP) is 3.87. The molecule has 0 aliphatic heterocycles. The summed E-state index contributed by atoms with van der Waals surface area (Å²) < 4.78 is 0. The first kappa shape index (κ1) is 13.6. The van der Waals surface area contributed by atoms with Crippen molar-refractivity contribution >= 4 is 11.8 Å². The van der Waals surface area contributed by atoms with Gasteiger partial charge in [0.05, 0.1) is 0 Å². The fraction of sp³-hybridized carbons (Fsp3) is 0.571. The quantitative estimate of drug-likeness (QED) is 0.689. The van der Waals surface area contributed by atoms with E-state index in [1.54, 1.807) is 0 Å². The van der Waals surface area contributed by atoms with Gasteiger partial charge in [-0.2, -0.15) is 11.8 Å². The summed E-state index contributed by atoms with van der Waals surface area (Å²) in [6.45, 7) is 3.31. The Bertz CT molecular complexity index is 261. The van der Waals surface area contributed by atoms with Crippen LogP contribution in [-0.4, -0.2) is 19.3 Å². The Morgan fingerprint density at radius 1 is 1.19 bits per heavy atom. The van der Waals surface area contributed by atoms with Crippen molar-refractivity contribution in [1.29, 1.82) is 0 Å². The number of hydrogen-bond acceptors (Lipinski definition) is 2. The van der Waals surface area contributed by atoms with Crippen molar-refractivity contribution in [3.63, 3.8) is 0 Å². The highest BCUT2D eigenvalue weighted by atomic mass is 32.2. The van der Waals surface area contributed by atoms with Crippen molar-refractivity contribution in [3.8, 4) is 0 Å².